The van der Waals surface area contributed by atoms with E-state index in [0.717, 1.165) is 23.7 Å². The lowest BCUT2D eigenvalue weighted by Crippen LogP contribution is -2.48. The van der Waals surface area contributed by atoms with Crippen LogP contribution in [-0.2, 0) is 0 Å². The van der Waals surface area contributed by atoms with Crippen molar-refractivity contribution >= 4 is 28.3 Å². The van der Waals surface area contributed by atoms with Crippen LogP contribution in [0.2, 0.25) is 5.02 Å². The van der Waals surface area contributed by atoms with Crippen LogP contribution in [-0.4, -0.2) is 29.5 Å². The number of carbonyl (C=O) groups excluding carboxylic acids is 1. The van der Waals surface area contributed by atoms with Crippen molar-refractivity contribution in [1.82, 2.24) is 15.6 Å². The SMILES string of the molecule is O=C(NC1CC2CNC1C2)c1cc2cc(Cl)ccc2cn1. The highest BCUT2D eigenvalue weighted by atomic mass is 35.5. The summed E-state index contributed by atoms with van der Waals surface area (Å²) in [6, 6.07) is 8.05. The van der Waals surface area contributed by atoms with Crippen LogP contribution in [0, 0.1) is 5.92 Å². The van der Waals surface area contributed by atoms with Crippen LogP contribution in [0.4, 0.5) is 0 Å². The number of piperidine rings is 1. The molecule has 2 N–H and O–H groups in total. The first-order valence-corrected chi connectivity index (χ1v) is 7.66. The van der Waals surface area contributed by atoms with Gasteiger partial charge in [-0.2, -0.15) is 0 Å². The number of hydrogen-bond donors (Lipinski definition) is 2. The van der Waals surface area contributed by atoms with Crippen LogP contribution in [0.3, 0.4) is 0 Å². The molecule has 2 bridgehead atoms. The molecule has 2 heterocycles. The Morgan fingerprint density at radius 1 is 1.29 bits per heavy atom. The van der Waals surface area contributed by atoms with E-state index in [0.29, 0.717) is 22.7 Å². The molecule has 0 spiro atoms. The molecule has 108 valence electrons. The molecule has 3 unspecified atom stereocenters. The molecular formula is C16H16ClN3O. The summed E-state index contributed by atoms with van der Waals surface area (Å²) in [4.78, 5) is 16.6. The molecule has 2 aliphatic rings. The Bertz CT molecular complexity index is 718. The fraction of sp³-hybridized carbons (Fsp3) is 0.375. The van der Waals surface area contributed by atoms with Crippen LogP contribution >= 0.6 is 11.6 Å². The van der Waals surface area contributed by atoms with Gasteiger partial charge in [0.15, 0.2) is 0 Å². The number of amides is 1. The van der Waals surface area contributed by atoms with Gasteiger partial charge in [0.1, 0.15) is 5.69 Å². The summed E-state index contributed by atoms with van der Waals surface area (Å²) < 4.78 is 0. The first-order valence-electron chi connectivity index (χ1n) is 7.28. The van der Waals surface area contributed by atoms with Crippen molar-refractivity contribution in [1.29, 1.82) is 0 Å². The molecule has 2 fully saturated rings. The number of nitrogens with one attached hydrogen (secondary N) is 2. The number of pyridine rings is 1. The normalized spacial score (nSPS) is 27.2. The predicted octanol–water partition coefficient (Wildman–Crippen LogP) is 2.37. The molecule has 1 aliphatic heterocycles. The maximum Gasteiger partial charge on any atom is 0.270 e. The van der Waals surface area contributed by atoms with Gasteiger partial charge in [-0.05, 0) is 48.9 Å². The maximum atomic E-state index is 12.4. The second kappa shape index (κ2) is 4.97. The third-order valence-electron chi connectivity index (χ3n) is 4.56. The van der Waals surface area contributed by atoms with Gasteiger partial charge in [-0.25, -0.2) is 0 Å². The van der Waals surface area contributed by atoms with E-state index < -0.39 is 0 Å². The molecule has 1 saturated heterocycles. The Morgan fingerprint density at radius 2 is 2.19 bits per heavy atom. The van der Waals surface area contributed by atoms with Gasteiger partial charge in [0.05, 0.1) is 0 Å². The molecular weight excluding hydrogens is 286 g/mol. The summed E-state index contributed by atoms with van der Waals surface area (Å²) in [6.45, 7) is 1.09. The van der Waals surface area contributed by atoms with E-state index in [-0.39, 0.29) is 11.9 Å². The van der Waals surface area contributed by atoms with Crippen molar-refractivity contribution in [2.45, 2.75) is 24.9 Å². The Kier molecular flexibility index (Phi) is 3.08. The highest BCUT2D eigenvalue weighted by Crippen LogP contribution is 2.31. The van der Waals surface area contributed by atoms with Crippen molar-refractivity contribution in [2.24, 2.45) is 5.92 Å². The number of hydrogen-bond acceptors (Lipinski definition) is 3. The molecule has 1 amide bonds. The topological polar surface area (TPSA) is 54.0 Å². The van der Waals surface area contributed by atoms with Gasteiger partial charge in [0.25, 0.3) is 5.91 Å². The molecule has 5 heteroatoms. The molecule has 1 aromatic heterocycles. The summed E-state index contributed by atoms with van der Waals surface area (Å²) in [5, 5.41) is 9.14. The van der Waals surface area contributed by atoms with Crippen LogP contribution in [0.1, 0.15) is 23.3 Å². The number of rotatable bonds is 2. The van der Waals surface area contributed by atoms with Crippen LogP contribution in [0.5, 0.6) is 0 Å². The summed E-state index contributed by atoms with van der Waals surface area (Å²) in [5.74, 6) is 0.611. The summed E-state index contributed by atoms with van der Waals surface area (Å²) in [7, 11) is 0. The maximum absolute atomic E-state index is 12.4. The lowest BCUT2D eigenvalue weighted by atomic mass is 10.1. The smallest absolute Gasteiger partial charge is 0.270 e. The monoisotopic (exact) mass is 301 g/mol. The molecule has 1 saturated carbocycles. The van der Waals surface area contributed by atoms with E-state index in [9.17, 15) is 4.79 Å². The van der Waals surface area contributed by atoms with Gasteiger partial charge in [0.2, 0.25) is 0 Å². The van der Waals surface area contributed by atoms with Gasteiger partial charge in [-0.1, -0.05) is 17.7 Å². The molecule has 4 nitrogen and oxygen atoms in total. The largest absolute Gasteiger partial charge is 0.346 e. The van der Waals surface area contributed by atoms with Gasteiger partial charge < -0.3 is 10.6 Å². The second-order valence-corrected chi connectivity index (χ2v) is 6.43. The Morgan fingerprint density at radius 3 is 2.95 bits per heavy atom. The van der Waals surface area contributed by atoms with Gasteiger partial charge in [0, 0.05) is 28.7 Å². The number of aromatic nitrogens is 1. The fourth-order valence-corrected chi connectivity index (χ4v) is 3.67. The number of fused-ring (bicyclic) bond motifs is 3. The van der Waals surface area contributed by atoms with Crippen molar-refractivity contribution in [3.63, 3.8) is 0 Å². The summed E-state index contributed by atoms with van der Waals surface area (Å²) in [5.41, 5.74) is 0.451. The minimum Gasteiger partial charge on any atom is -0.346 e. The number of benzene rings is 1. The van der Waals surface area contributed by atoms with Crippen LogP contribution < -0.4 is 10.6 Å². The Labute approximate surface area is 127 Å². The molecule has 1 aromatic carbocycles. The van der Waals surface area contributed by atoms with Crippen molar-refractivity contribution < 1.29 is 4.79 Å². The van der Waals surface area contributed by atoms with Crippen LogP contribution in [0.15, 0.2) is 30.5 Å². The van der Waals surface area contributed by atoms with Gasteiger partial charge >= 0.3 is 0 Å². The van der Waals surface area contributed by atoms with E-state index in [4.69, 9.17) is 11.6 Å². The fourth-order valence-electron chi connectivity index (χ4n) is 3.49. The van der Waals surface area contributed by atoms with Crippen molar-refractivity contribution in [3.05, 3.63) is 41.2 Å². The first kappa shape index (κ1) is 13.0. The van der Waals surface area contributed by atoms with Gasteiger partial charge in [-0.3, -0.25) is 9.78 Å². The highest BCUT2D eigenvalue weighted by Gasteiger charge is 2.40. The molecule has 0 radical (unpaired) electrons. The standard InChI is InChI=1S/C16H16ClN3O/c17-12-2-1-10-8-19-15(6-11(10)5-12)16(21)20-14-4-9-3-13(14)18-7-9/h1-2,5-6,8-9,13-14,18H,3-4,7H2,(H,20,21). The van der Waals surface area contributed by atoms with Gasteiger partial charge in [-0.15, -0.1) is 0 Å². The Hall–Kier alpha value is -1.65. The average molecular weight is 302 g/mol. The first-order chi connectivity index (χ1) is 10.2. The lowest BCUT2D eigenvalue weighted by Gasteiger charge is -2.23. The van der Waals surface area contributed by atoms with E-state index in [1.165, 1.54) is 6.42 Å². The van der Waals surface area contributed by atoms with E-state index in [2.05, 4.69) is 15.6 Å². The zero-order valence-electron chi connectivity index (χ0n) is 11.5. The summed E-state index contributed by atoms with van der Waals surface area (Å²) in [6.07, 6.45) is 3.97. The molecule has 4 rings (SSSR count). The van der Waals surface area contributed by atoms with E-state index in [1.807, 2.05) is 18.2 Å². The molecule has 2 aromatic rings. The minimum atomic E-state index is -0.101. The predicted molar refractivity (Wildman–Crippen MR) is 82.5 cm³/mol. The van der Waals surface area contributed by atoms with Crippen molar-refractivity contribution in [2.75, 3.05) is 6.54 Å². The molecule has 21 heavy (non-hydrogen) atoms. The second-order valence-electron chi connectivity index (χ2n) is 5.99. The highest BCUT2D eigenvalue weighted by molar-refractivity contribution is 6.31. The number of carbonyl (C=O) groups is 1. The lowest BCUT2D eigenvalue weighted by molar-refractivity contribution is 0.0923. The minimum absolute atomic E-state index is 0.101. The average Bonchev–Trinajstić information content (AvgIpc) is 3.09. The van der Waals surface area contributed by atoms with E-state index in [1.54, 1.807) is 12.3 Å². The van der Waals surface area contributed by atoms with Crippen LogP contribution in [0.25, 0.3) is 10.8 Å². The zero-order valence-corrected chi connectivity index (χ0v) is 12.2. The summed E-state index contributed by atoms with van der Waals surface area (Å²) >= 11 is 6.00. The quantitative estimate of drug-likeness (QED) is 0.895. The molecule has 3 atom stereocenters. The number of halogens is 1. The molecule has 1 aliphatic carbocycles. The number of nitrogens with zero attached hydrogens (tertiary/aromatic N) is 1. The Balaban J connectivity index is 1.56. The van der Waals surface area contributed by atoms with Crippen molar-refractivity contribution in [3.8, 4) is 0 Å². The van der Waals surface area contributed by atoms with E-state index >= 15 is 0 Å². The zero-order chi connectivity index (χ0) is 14.4. The third-order valence-corrected chi connectivity index (χ3v) is 4.80. The third kappa shape index (κ3) is 2.39.